The zero-order valence-electron chi connectivity index (χ0n) is 10.9. The topological polar surface area (TPSA) is 102 Å². The molecule has 2 aliphatic heterocycles. The number of hydrogen-bond donors (Lipinski definition) is 2. The third-order valence-electron chi connectivity index (χ3n) is 3.53. The fourth-order valence-corrected chi connectivity index (χ4v) is 3.96. The molecular formula is C11H21N3O4S. The van der Waals surface area contributed by atoms with Gasteiger partial charge in [-0.05, 0) is 19.3 Å². The van der Waals surface area contributed by atoms with Crippen molar-refractivity contribution in [2.75, 3.05) is 31.9 Å². The molecular weight excluding hydrogens is 270 g/mol. The molecule has 2 heterocycles. The van der Waals surface area contributed by atoms with Crippen molar-refractivity contribution in [3.05, 3.63) is 0 Å². The Kier molecular flexibility index (Phi) is 4.77. The summed E-state index contributed by atoms with van der Waals surface area (Å²) in [6, 6.07) is 0. The standard InChI is InChI=1S/C11H21N3O4S/c12-8-9-2-3-10(18-9)11(15)13-4-6-14-5-1-7-19(14,16)17/h9-10H,1-8,12H2,(H,13,15)/t9-,10+/m1/s1. The molecule has 0 unspecified atom stereocenters. The molecule has 0 aromatic heterocycles. The van der Waals surface area contributed by atoms with E-state index in [4.69, 9.17) is 10.5 Å². The van der Waals surface area contributed by atoms with E-state index >= 15 is 0 Å². The Hall–Kier alpha value is -0.700. The molecule has 2 aliphatic rings. The molecule has 2 saturated heterocycles. The quantitative estimate of drug-likeness (QED) is 0.652. The minimum atomic E-state index is -3.08. The van der Waals surface area contributed by atoms with E-state index in [2.05, 4.69) is 5.32 Å². The van der Waals surface area contributed by atoms with Crippen LogP contribution in [-0.4, -0.2) is 62.8 Å². The molecule has 0 aromatic rings. The first-order valence-electron chi connectivity index (χ1n) is 6.64. The van der Waals surface area contributed by atoms with Gasteiger partial charge in [0.1, 0.15) is 6.10 Å². The van der Waals surface area contributed by atoms with E-state index < -0.39 is 16.1 Å². The van der Waals surface area contributed by atoms with E-state index in [0.29, 0.717) is 39.0 Å². The van der Waals surface area contributed by atoms with E-state index in [9.17, 15) is 13.2 Å². The lowest BCUT2D eigenvalue weighted by atomic mass is 10.2. The minimum absolute atomic E-state index is 0.0327. The lowest BCUT2D eigenvalue weighted by Crippen LogP contribution is -2.40. The average Bonchev–Trinajstić information content (AvgIpc) is 2.96. The fraction of sp³-hybridized carbons (Fsp3) is 0.909. The molecule has 110 valence electrons. The highest BCUT2D eigenvalue weighted by atomic mass is 32.2. The van der Waals surface area contributed by atoms with Crippen LogP contribution in [-0.2, 0) is 19.6 Å². The molecule has 2 fully saturated rings. The van der Waals surface area contributed by atoms with Gasteiger partial charge >= 0.3 is 0 Å². The van der Waals surface area contributed by atoms with Crippen molar-refractivity contribution >= 4 is 15.9 Å². The van der Waals surface area contributed by atoms with Crippen LogP contribution in [0.3, 0.4) is 0 Å². The maximum atomic E-state index is 11.8. The highest BCUT2D eigenvalue weighted by Gasteiger charge is 2.31. The molecule has 1 amide bonds. The number of nitrogens with two attached hydrogens (primary N) is 1. The van der Waals surface area contributed by atoms with E-state index in [0.717, 1.165) is 6.42 Å². The van der Waals surface area contributed by atoms with E-state index in [1.807, 2.05) is 0 Å². The van der Waals surface area contributed by atoms with Crippen LogP contribution in [0.1, 0.15) is 19.3 Å². The number of ether oxygens (including phenoxy) is 1. The molecule has 0 aromatic carbocycles. The maximum Gasteiger partial charge on any atom is 0.249 e. The molecule has 0 spiro atoms. The van der Waals surface area contributed by atoms with Gasteiger partial charge in [-0.15, -0.1) is 0 Å². The number of hydrogen-bond acceptors (Lipinski definition) is 5. The number of nitrogens with one attached hydrogen (secondary N) is 1. The van der Waals surface area contributed by atoms with Crippen LogP contribution in [0.2, 0.25) is 0 Å². The van der Waals surface area contributed by atoms with Gasteiger partial charge in [0, 0.05) is 26.2 Å². The summed E-state index contributed by atoms with van der Waals surface area (Å²) in [6.07, 6.45) is 1.67. The molecule has 7 nitrogen and oxygen atoms in total. The Balaban J connectivity index is 1.70. The molecule has 8 heteroatoms. The Morgan fingerprint density at radius 3 is 2.79 bits per heavy atom. The van der Waals surface area contributed by atoms with Gasteiger partial charge in [0.15, 0.2) is 0 Å². The van der Waals surface area contributed by atoms with Gasteiger partial charge in [-0.3, -0.25) is 4.79 Å². The Morgan fingerprint density at radius 1 is 1.42 bits per heavy atom. The van der Waals surface area contributed by atoms with Crippen LogP contribution < -0.4 is 11.1 Å². The Labute approximate surface area is 113 Å². The first kappa shape index (κ1) is 14.7. The summed E-state index contributed by atoms with van der Waals surface area (Å²) >= 11 is 0. The lowest BCUT2D eigenvalue weighted by molar-refractivity contribution is -0.131. The van der Waals surface area contributed by atoms with Crippen LogP contribution in [0.5, 0.6) is 0 Å². The van der Waals surface area contributed by atoms with Crippen LogP contribution >= 0.6 is 0 Å². The van der Waals surface area contributed by atoms with Crippen molar-refractivity contribution in [2.24, 2.45) is 5.73 Å². The molecule has 3 N–H and O–H groups in total. The zero-order chi connectivity index (χ0) is 13.9. The molecule has 0 saturated carbocycles. The summed E-state index contributed by atoms with van der Waals surface area (Å²) in [4.78, 5) is 11.8. The van der Waals surface area contributed by atoms with Crippen molar-refractivity contribution < 1.29 is 17.9 Å². The third-order valence-corrected chi connectivity index (χ3v) is 5.48. The Bertz CT molecular complexity index is 426. The predicted octanol–water partition coefficient (Wildman–Crippen LogP) is -1.36. The van der Waals surface area contributed by atoms with Crippen LogP contribution in [0.4, 0.5) is 0 Å². The van der Waals surface area contributed by atoms with E-state index in [1.165, 1.54) is 4.31 Å². The highest BCUT2D eigenvalue weighted by Crippen LogP contribution is 2.18. The second-order valence-electron chi connectivity index (χ2n) is 4.92. The first-order chi connectivity index (χ1) is 9.03. The third kappa shape index (κ3) is 3.65. The van der Waals surface area contributed by atoms with Gasteiger partial charge in [0.05, 0.1) is 11.9 Å². The van der Waals surface area contributed by atoms with Crippen molar-refractivity contribution in [1.29, 1.82) is 0 Å². The number of sulfonamides is 1. The smallest absolute Gasteiger partial charge is 0.249 e. The van der Waals surface area contributed by atoms with E-state index in [1.54, 1.807) is 0 Å². The van der Waals surface area contributed by atoms with E-state index in [-0.39, 0.29) is 17.8 Å². The van der Waals surface area contributed by atoms with Crippen LogP contribution in [0, 0.1) is 0 Å². The second kappa shape index (κ2) is 6.17. The minimum Gasteiger partial charge on any atom is -0.364 e. The van der Waals surface area contributed by atoms with Gasteiger partial charge in [0.2, 0.25) is 15.9 Å². The SMILES string of the molecule is NC[C@H]1CC[C@@H](C(=O)NCCN2CCCS2(=O)=O)O1. The zero-order valence-corrected chi connectivity index (χ0v) is 11.7. The summed E-state index contributed by atoms with van der Waals surface area (Å²) in [5.41, 5.74) is 5.48. The second-order valence-corrected chi connectivity index (χ2v) is 7.01. The lowest BCUT2D eigenvalue weighted by Gasteiger charge is -2.16. The van der Waals surface area contributed by atoms with Crippen LogP contribution in [0.15, 0.2) is 0 Å². The summed E-state index contributed by atoms with van der Waals surface area (Å²) in [6.45, 7) is 1.63. The van der Waals surface area contributed by atoms with Gasteiger partial charge < -0.3 is 15.8 Å². The Morgan fingerprint density at radius 2 is 2.21 bits per heavy atom. The van der Waals surface area contributed by atoms with Gasteiger partial charge in [-0.2, -0.15) is 0 Å². The van der Waals surface area contributed by atoms with Crippen molar-refractivity contribution in [3.8, 4) is 0 Å². The average molecular weight is 291 g/mol. The van der Waals surface area contributed by atoms with Crippen molar-refractivity contribution in [1.82, 2.24) is 9.62 Å². The molecule has 0 aliphatic carbocycles. The maximum absolute atomic E-state index is 11.8. The van der Waals surface area contributed by atoms with Gasteiger partial charge in [0.25, 0.3) is 0 Å². The van der Waals surface area contributed by atoms with Gasteiger partial charge in [-0.1, -0.05) is 0 Å². The number of carbonyl (C=O) groups excluding carboxylic acids is 1. The highest BCUT2D eigenvalue weighted by molar-refractivity contribution is 7.89. The summed E-state index contributed by atoms with van der Waals surface area (Å²) < 4.78 is 30.0. The first-order valence-corrected chi connectivity index (χ1v) is 8.25. The number of rotatable bonds is 5. The summed E-state index contributed by atoms with van der Waals surface area (Å²) in [5, 5.41) is 2.72. The van der Waals surface area contributed by atoms with Crippen molar-refractivity contribution in [2.45, 2.75) is 31.5 Å². The van der Waals surface area contributed by atoms with Crippen molar-refractivity contribution in [3.63, 3.8) is 0 Å². The number of carbonyl (C=O) groups is 1. The molecule has 19 heavy (non-hydrogen) atoms. The molecule has 0 radical (unpaired) electrons. The number of amides is 1. The van der Waals surface area contributed by atoms with Gasteiger partial charge in [-0.25, -0.2) is 12.7 Å². The molecule has 2 atom stereocenters. The molecule has 2 rings (SSSR count). The molecule has 0 bridgehead atoms. The normalized spacial score (nSPS) is 30.6. The fourth-order valence-electron chi connectivity index (χ4n) is 2.43. The number of nitrogens with zero attached hydrogens (tertiary/aromatic N) is 1. The predicted molar refractivity (Wildman–Crippen MR) is 69.9 cm³/mol. The largest absolute Gasteiger partial charge is 0.364 e. The monoisotopic (exact) mass is 291 g/mol. The summed E-state index contributed by atoms with van der Waals surface area (Å²) in [7, 11) is -3.08. The van der Waals surface area contributed by atoms with Crippen LogP contribution in [0.25, 0.3) is 0 Å². The summed E-state index contributed by atoms with van der Waals surface area (Å²) in [5.74, 6) is 0.0396.